The van der Waals surface area contributed by atoms with Crippen LogP contribution in [-0.2, 0) is 0 Å². The number of fused-ring (bicyclic) bond motifs is 2. The van der Waals surface area contributed by atoms with E-state index in [4.69, 9.17) is 27.6 Å². The Balaban J connectivity index is 2.42. The van der Waals surface area contributed by atoms with E-state index < -0.39 is 0 Å². The number of thioether (sulfide) groups is 1. The van der Waals surface area contributed by atoms with Crippen LogP contribution in [0.1, 0.15) is 5.76 Å². The SMILES string of the molecule is O=c1c2c(oc3ccccc13)C(Cl)=CC(Cl)S2. The number of hydrogen-bond acceptors (Lipinski definition) is 3. The second-order valence-corrected chi connectivity index (χ2v) is 5.86. The standard InChI is InChI=1S/C12H6Cl2O2S/c13-7-5-9(14)17-12-10(15)6-3-1-2-4-8(6)16-11(7)12/h1-5,9H. The van der Waals surface area contributed by atoms with E-state index in [1.165, 1.54) is 11.8 Å². The molecule has 3 rings (SSSR count). The minimum absolute atomic E-state index is 0.0799. The molecular formula is C12H6Cl2O2S. The highest BCUT2D eigenvalue weighted by Gasteiger charge is 2.24. The molecule has 0 bridgehead atoms. The van der Waals surface area contributed by atoms with Crippen LogP contribution in [0.4, 0.5) is 0 Å². The van der Waals surface area contributed by atoms with Crippen molar-refractivity contribution in [2.24, 2.45) is 0 Å². The first kappa shape index (κ1) is 11.2. The summed E-state index contributed by atoms with van der Waals surface area (Å²) in [5, 5.41) is 0.940. The lowest BCUT2D eigenvalue weighted by atomic mass is 10.2. The summed E-state index contributed by atoms with van der Waals surface area (Å²) in [7, 11) is 0. The van der Waals surface area contributed by atoms with Crippen LogP contribution in [0.3, 0.4) is 0 Å². The van der Waals surface area contributed by atoms with E-state index in [1.807, 2.05) is 6.07 Å². The molecule has 0 radical (unpaired) electrons. The molecule has 0 fully saturated rings. The molecule has 2 nitrogen and oxygen atoms in total. The summed E-state index contributed by atoms with van der Waals surface area (Å²) in [6.07, 6.45) is 1.66. The summed E-state index contributed by atoms with van der Waals surface area (Å²) in [5.74, 6) is 0.414. The Labute approximate surface area is 111 Å². The number of para-hydroxylation sites is 1. The van der Waals surface area contributed by atoms with Crippen LogP contribution >= 0.6 is 35.0 Å². The fraction of sp³-hybridized carbons (Fsp3) is 0.0833. The van der Waals surface area contributed by atoms with Gasteiger partial charge < -0.3 is 4.42 Å². The van der Waals surface area contributed by atoms with E-state index in [-0.39, 0.29) is 10.1 Å². The second kappa shape index (κ2) is 4.09. The molecule has 0 spiro atoms. The highest BCUT2D eigenvalue weighted by atomic mass is 35.5. The summed E-state index contributed by atoms with van der Waals surface area (Å²) < 4.78 is 5.31. The Morgan fingerprint density at radius 3 is 2.88 bits per heavy atom. The molecule has 17 heavy (non-hydrogen) atoms. The molecule has 1 aliphatic rings. The normalized spacial score (nSPS) is 18.9. The highest BCUT2D eigenvalue weighted by Crippen LogP contribution is 2.40. The lowest BCUT2D eigenvalue weighted by molar-refractivity contribution is 0.572. The van der Waals surface area contributed by atoms with Gasteiger partial charge in [-0.05, 0) is 18.2 Å². The maximum Gasteiger partial charge on any atom is 0.206 e. The molecular weight excluding hydrogens is 279 g/mol. The van der Waals surface area contributed by atoms with Gasteiger partial charge in [0.25, 0.3) is 0 Å². The molecule has 2 heterocycles. The van der Waals surface area contributed by atoms with Gasteiger partial charge in [-0.15, -0.1) is 11.6 Å². The van der Waals surface area contributed by atoms with Crippen LogP contribution in [-0.4, -0.2) is 4.71 Å². The van der Waals surface area contributed by atoms with E-state index in [0.717, 1.165) is 0 Å². The van der Waals surface area contributed by atoms with Crippen LogP contribution in [0.15, 0.2) is 44.4 Å². The Morgan fingerprint density at radius 2 is 2.06 bits per heavy atom. The quantitative estimate of drug-likeness (QED) is 0.684. The first-order valence-electron chi connectivity index (χ1n) is 4.91. The molecule has 0 saturated carbocycles. The van der Waals surface area contributed by atoms with Crippen molar-refractivity contribution in [2.45, 2.75) is 9.60 Å². The summed E-state index contributed by atoms with van der Waals surface area (Å²) in [6, 6.07) is 7.10. The maximum absolute atomic E-state index is 12.2. The molecule has 0 amide bonds. The summed E-state index contributed by atoms with van der Waals surface area (Å²) in [5.41, 5.74) is 0.458. The van der Waals surface area contributed by atoms with E-state index in [9.17, 15) is 4.79 Å². The lowest BCUT2D eigenvalue weighted by Gasteiger charge is -2.15. The van der Waals surface area contributed by atoms with Gasteiger partial charge in [-0.2, -0.15) is 0 Å². The van der Waals surface area contributed by atoms with Crippen molar-refractivity contribution in [3.63, 3.8) is 0 Å². The maximum atomic E-state index is 12.2. The molecule has 0 saturated heterocycles. The van der Waals surface area contributed by atoms with E-state index in [1.54, 1.807) is 24.3 Å². The third-order valence-corrected chi connectivity index (χ3v) is 4.14. The molecule has 1 aliphatic heterocycles. The number of alkyl halides is 1. The van der Waals surface area contributed by atoms with Crippen molar-refractivity contribution in [3.05, 3.63) is 46.3 Å². The molecule has 1 aromatic carbocycles. The molecule has 1 atom stereocenters. The Morgan fingerprint density at radius 1 is 1.29 bits per heavy atom. The van der Waals surface area contributed by atoms with Crippen molar-refractivity contribution < 1.29 is 4.42 Å². The Hall–Kier alpha value is -0.900. The summed E-state index contributed by atoms with van der Waals surface area (Å²) >= 11 is 13.3. The number of rotatable bonds is 0. The van der Waals surface area contributed by atoms with E-state index in [0.29, 0.717) is 26.7 Å². The van der Waals surface area contributed by atoms with Crippen LogP contribution in [0.25, 0.3) is 16.0 Å². The number of benzene rings is 1. The van der Waals surface area contributed by atoms with Gasteiger partial charge in [0.1, 0.15) is 15.2 Å². The third kappa shape index (κ3) is 1.79. The minimum atomic E-state index is -0.334. The third-order valence-electron chi connectivity index (χ3n) is 2.48. The summed E-state index contributed by atoms with van der Waals surface area (Å²) in [6.45, 7) is 0. The van der Waals surface area contributed by atoms with Gasteiger partial charge in [-0.3, -0.25) is 4.79 Å². The molecule has 2 aromatic rings. The van der Waals surface area contributed by atoms with Gasteiger partial charge in [-0.25, -0.2) is 0 Å². The minimum Gasteiger partial charge on any atom is -0.454 e. The highest BCUT2D eigenvalue weighted by molar-refractivity contribution is 8.01. The second-order valence-electron chi connectivity index (χ2n) is 3.57. The predicted molar refractivity (Wildman–Crippen MR) is 71.8 cm³/mol. The molecule has 1 unspecified atom stereocenters. The molecule has 0 aliphatic carbocycles. The van der Waals surface area contributed by atoms with Crippen LogP contribution in [0.2, 0.25) is 0 Å². The number of halogens is 2. The Bertz CT molecular complexity index is 690. The average molecular weight is 285 g/mol. The van der Waals surface area contributed by atoms with Gasteiger partial charge in [0.05, 0.1) is 10.4 Å². The molecule has 0 N–H and O–H groups in total. The van der Waals surface area contributed by atoms with Crippen LogP contribution in [0.5, 0.6) is 0 Å². The predicted octanol–water partition coefficient (Wildman–Crippen LogP) is 4.04. The first-order chi connectivity index (χ1) is 8.16. The van der Waals surface area contributed by atoms with Crippen LogP contribution < -0.4 is 5.43 Å². The van der Waals surface area contributed by atoms with E-state index in [2.05, 4.69) is 0 Å². The van der Waals surface area contributed by atoms with E-state index >= 15 is 0 Å². The van der Waals surface area contributed by atoms with Crippen molar-refractivity contribution in [1.82, 2.24) is 0 Å². The topological polar surface area (TPSA) is 30.2 Å². The van der Waals surface area contributed by atoms with Gasteiger partial charge >= 0.3 is 0 Å². The zero-order valence-corrected chi connectivity index (χ0v) is 10.8. The van der Waals surface area contributed by atoms with Gasteiger partial charge in [0, 0.05) is 0 Å². The van der Waals surface area contributed by atoms with Crippen molar-refractivity contribution in [2.75, 3.05) is 0 Å². The fourth-order valence-electron chi connectivity index (χ4n) is 1.73. The largest absolute Gasteiger partial charge is 0.454 e. The zero-order valence-electron chi connectivity index (χ0n) is 8.44. The average Bonchev–Trinajstić information content (AvgIpc) is 2.31. The van der Waals surface area contributed by atoms with Gasteiger partial charge in [0.2, 0.25) is 5.43 Å². The van der Waals surface area contributed by atoms with Crippen molar-refractivity contribution in [1.29, 1.82) is 0 Å². The lowest BCUT2D eigenvalue weighted by Crippen LogP contribution is -2.11. The zero-order chi connectivity index (χ0) is 12.0. The van der Waals surface area contributed by atoms with Gasteiger partial charge in [-0.1, -0.05) is 35.5 Å². The summed E-state index contributed by atoms with van der Waals surface area (Å²) in [4.78, 5) is 12.7. The van der Waals surface area contributed by atoms with Crippen molar-refractivity contribution in [3.8, 4) is 0 Å². The molecule has 86 valence electrons. The monoisotopic (exact) mass is 284 g/mol. The number of hydrogen-bond donors (Lipinski definition) is 0. The Kier molecular flexibility index (Phi) is 2.69. The van der Waals surface area contributed by atoms with Crippen molar-refractivity contribution >= 4 is 51.0 Å². The first-order valence-corrected chi connectivity index (χ1v) is 6.60. The fourth-order valence-corrected chi connectivity index (χ4v) is 3.48. The molecule has 5 heteroatoms. The van der Waals surface area contributed by atoms with Gasteiger partial charge in [0.15, 0.2) is 5.76 Å². The van der Waals surface area contributed by atoms with Crippen LogP contribution in [0, 0.1) is 0 Å². The smallest absolute Gasteiger partial charge is 0.206 e. The molecule has 1 aromatic heterocycles.